The van der Waals surface area contributed by atoms with Gasteiger partial charge in [-0.15, -0.1) is 11.3 Å². The smallest absolute Gasteiger partial charge is 0.247 e. The Morgan fingerprint density at radius 1 is 1.05 bits per heavy atom. The topological polar surface area (TPSA) is 95.5 Å². The van der Waals surface area contributed by atoms with Gasteiger partial charge in [0, 0.05) is 30.9 Å². The van der Waals surface area contributed by atoms with Gasteiger partial charge in [0.1, 0.15) is 16.3 Å². The van der Waals surface area contributed by atoms with E-state index in [0.29, 0.717) is 23.3 Å². The molecule has 2 aliphatic heterocycles. The molecule has 6 rings (SSSR count). The number of fused-ring (bicyclic) bond motifs is 1. The summed E-state index contributed by atoms with van der Waals surface area (Å²) >= 11 is 1.51. The van der Waals surface area contributed by atoms with Crippen molar-refractivity contribution < 1.29 is 9.53 Å². The number of nitrogens with zero attached hydrogens (tertiary/aromatic N) is 5. The molecule has 0 atom stereocenters. The van der Waals surface area contributed by atoms with Gasteiger partial charge in [0.25, 0.3) is 0 Å². The highest BCUT2D eigenvalue weighted by atomic mass is 32.1. The summed E-state index contributed by atoms with van der Waals surface area (Å²) in [5.74, 6) is 2.13. The molecule has 4 aromatic rings. The SMILES string of the molecule is C=CC(=O)Nc1cccc(Oc2nc(Nc3ccc(N4CCC(N5CCCC5)CC4)nc3)nc3ccsc23)c1. The van der Waals surface area contributed by atoms with Crippen LogP contribution in [-0.4, -0.2) is 58.0 Å². The number of amides is 1. The number of carbonyl (C=O) groups excluding carboxylic acids is 1. The van der Waals surface area contributed by atoms with Gasteiger partial charge in [0.05, 0.1) is 17.4 Å². The molecule has 0 saturated carbocycles. The van der Waals surface area contributed by atoms with Crippen molar-refractivity contribution in [1.82, 2.24) is 19.9 Å². The van der Waals surface area contributed by atoms with Gasteiger partial charge in [0.2, 0.25) is 17.7 Å². The molecule has 2 N–H and O–H groups in total. The van der Waals surface area contributed by atoms with E-state index < -0.39 is 0 Å². The van der Waals surface area contributed by atoms with Crippen LogP contribution in [0.25, 0.3) is 10.2 Å². The number of ether oxygens (including phenoxy) is 1. The Labute approximate surface area is 231 Å². The van der Waals surface area contributed by atoms with Crippen LogP contribution in [0, 0.1) is 0 Å². The van der Waals surface area contributed by atoms with Crippen LogP contribution >= 0.6 is 11.3 Å². The number of rotatable bonds is 8. The number of piperidine rings is 1. The Kier molecular flexibility index (Phi) is 7.38. The van der Waals surface area contributed by atoms with Crippen molar-refractivity contribution >= 4 is 50.6 Å². The molecule has 0 radical (unpaired) electrons. The van der Waals surface area contributed by atoms with E-state index in [1.807, 2.05) is 35.8 Å². The molecule has 0 bridgehead atoms. The van der Waals surface area contributed by atoms with Gasteiger partial charge in [-0.05, 0) is 80.6 Å². The van der Waals surface area contributed by atoms with Crippen LogP contribution < -0.4 is 20.3 Å². The third kappa shape index (κ3) is 5.86. The number of nitrogens with one attached hydrogen (secondary N) is 2. The maximum absolute atomic E-state index is 11.7. The zero-order valence-corrected chi connectivity index (χ0v) is 22.5. The lowest BCUT2D eigenvalue weighted by Crippen LogP contribution is -2.44. The number of hydrogen-bond donors (Lipinski definition) is 2. The summed E-state index contributed by atoms with van der Waals surface area (Å²) in [4.78, 5) is 30.7. The van der Waals surface area contributed by atoms with Gasteiger partial charge in [-0.3, -0.25) is 4.79 Å². The van der Waals surface area contributed by atoms with Crippen molar-refractivity contribution in [3.05, 3.63) is 66.7 Å². The minimum atomic E-state index is -0.285. The summed E-state index contributed by atoms with van der Waals surface area (Å²) in [7, 11) is 0. The number of carbonyl (C=O) groups is 1. The first-order chi connectivity index (χ1) is 19.1. The third-order valence-corrected chi connectivity index (χ3v) is 8.12. The van der Waals surface area contributed by atoms with Crippen LogP contribution in [0.2, 0.25) is 0 Å². The number of benzene rings is 1. The third-order valence-electron chi connectivity index (χ3n) is 7.22. The molecule has 0 aliphatic carbocycles. The zero-order chi connectivity index (χ0) is 26.6. The molecule has 200 valence electrons. The van der Waals surface area contributed by atoms with E-state index in [4.69, 9.17) is 9.72 Å². The first kappa shape index (κ1) is 25.3. The maximum atomic E-state index is 11.7. The van der Waals surface area contributed by atoms with E-state index in [-0.39, 0.29) is 5.91 Å². The number of anilines is 4. The summed E-state index contributed by atoms with van der Waals surface area (Å²) in [5, 5.41) is 7.98. The molecule has 2 fully saturated rings. The van der Waals surface area contributed by atoms with Crippen molar-refractivity contribution in [2.24, 2.45) is 0 Å². The highest BCUT2D eigenvalue weighted by Crippen LogP contribution is 2.34. The Hall–Kier alpha value is -4.02. The van der Waals surface area contributed by atoms with Crippen molar-refractivity contribution in [2.45, 2.75) is 31.7 Å². The fraction of sp³-hybridized carbons (Fsp3) is 0.310. The molecule has 3 aromatic heterocycles. The molecule has 0 spiro atoms. The quantitative estimate of drug-likeness (QED) is 0.270. The fourth-order valence-corrected chi connectivity index (χ4v) is 6.00. The van der Waals surface area contributed by atoms with Crippen molar-refractivity contribution in [3.63, 3.8) is 0 Å². The lowest BCUT2D eigenvalue weighted by molar-refractivity contribution is -0.111. The highest BCUT2D eigenvalue weighted by Gasteiger charge is 2.26. The van der Waals surface area contributed by atoms with Crippen molar-refractivity contribution in [1.29, 1.82) is 0 Å². The first-order valence-electron chi connectivity index (χ1n) is 13.3. The van der Waals surface area contributed by atoms with Crippen molar-refractivity contribution in [3.8, 4) is 11.6 Å². The second-order valence-electron chi connectivity index (χ2n) is 9.80. The predicted octanol–water partition coefficient (Wildman–Crippen LogP) is 5.81. The monoisotopic (exact) mass is 541 g/mol. The van der Waals surface area contributed by atoms with Crippen molar-refractivity contribution in [2.75, 3.05) is 41.7 Å². The van der Waals surface area contributed by atoms with Crippen LogP contribution in [0.5, 0.6) is 11.6 Å². The number of thiophene rings is 1. The number of hydrogen-bond acceptors (Lipinski definition) is 9. The average molecular weight is 542 g/mol. The van der Waals surface area contributed by atoms with E-state index >= 15 is 0 Å². The minimum absolute atomic E-state index is 0.285. The molecule has 39 heavy (non-hydrogen) atoms. The Morgan fingerprint density at radius 2 is 1.90 bits per heavy atom. The molecular formula is C29H31N7O2S. The molecular weight excluding hydrogens is 510 g/mol. The summed E-state index contributed by atoms with van der Waals surface area (Å²) in [5.41, 5.74) is 2.20. The maximum Gasteiger partial charge on any atom is 0.247 e. The highest BCUT2D eigenvalue weighted by molar-refractivity contribution is 7.17. The molecule has 10 heteroatoms. The molecule has 2 saturated heterocycles. The molecule has 9 nitrogen and oxygen atoms in total. The van der Waals surface area contributed by atoms with E-state index in [9.17, 15) is 4.79 Å². The predicted molar refractivity (Wildman–Crippen MR) is 156 cm³/mol. The van der Waals surface area contributed by atoms with Gasteiger partial charge in [-0.1, -0.05) is 12.6 Å². The van der Waals surface area contributed by atoms with E-state index in [0.717, 1.165) is 40.9 Å². The number of likely N-dealkylation sites (tertiary alicyclic amines) is 1. The summed E-state index contributed by atoms with van der Waals surface area (Å²) in [6.07, 6.45) is 8.13. The Morgan fingerprint density at radius 3 is 2.67 bits per heavy atom. The number of pyridine rings is 1. The molecule has 1 aromatic carbocycles. The van der Waals surface area contributed by atoms with Gasteiger partial charge in [-0.25, -0.2) is 9.97 Å². The molecule has 0 unspecified atom stereocenters. The van der Waals surface area contributed by atoms with Gasteiger partial charge in [-0.2, -0.15) is 4.98 Å². The van der Waals surface area contributed by atoms with Crippen LogP contribution in [0.15, 0.2) is 66.7 Å². The Balaban J connectivity index is 1.14. The first-order valence-corrected chi connectivity index (χ1v) is 14.2. The summed E-state index contributed by atoms with van der Waals surface area (Å²) in [6.45, 7) is 8.09. The summed E-state index contributed by atoms with van der Waals surface area (Å²) < 4.78 is 6.98. The van der Waals surface area contributed by atoms with Gasteiger partial charge >= 0.3 is 0 Å². The summed E-state index contributed by atoms with van der Waals surface area (Å²) in [6, 6.07) is 13.9. The lowest BCUT2D eigenvalue weighted by atomic mass is 10.0. The zero-order valence-electron chi connectivity index (χ0n) is 21.7. The van der Waals surface area contributed by atoms with E-state index in [1.165, 1.54) is 56.2 Å². The standard InChI is InChI=1S/C29H31N7O2S/c1-2-26(37)31-20-6-5-7-23(18-20)38-28-27-24(12-17-39-27)33-29(34-28)32-21-8-9-25(30-19-21)36-15-10-22(11-16-36)35-13-3-4-14-35/h2,5-9,12,17-19,22H,1,3-4,10-11,13-16H2,(H,31,37)(H,32,33,34). The van der Waals surface area contributed by atoms with Gasteiger partial charge < -0.3 is 25.2 Å². The number of aromatic nitrogens is 3. The Bertz CT molecular complexity index is 1460. The minimum Gasteiger partial charge on any atom is -0.437 e. The lowest BCUT2D eigenvalue weighted by Gasteiger charge is -2.37. The average Bonchev–Trinajstić information content (AvgIpc) is 3.67. The molecule has 1 amide bonds. The van der Waals surface area contributed by atoms with Crippen LogP contribution in [0.3, 0.4) is 0 Å². The largest absolute Gasteiger partial charge is 0.437 e. The van der Waals surface area contributed by atoms with Gasteiger partial charge in [0.15, 0.2) is 0 Å². The second-order valence-corrected chi connectivity index (χ2v) is 10.7. The van der Waals surface area contributed by atoms with Crippen LogP contribution in [-0.2, 0) is 4.79 Å². The van der Waals surface area contributed by atoms with E-state index in [1.54, 1.807) is 12.1 Å². The molecule has 5 heterocycles. The molecule has 2 aliphatic rings. The fourth-order valence-electron chi connectivity index (χ4n) is 5.25. The van der Waals surface area contributed by atoms with Crippen LogP contribution in [0.4, 0.5) is 23.1 Å². The second kappa shape index (κ2) is 11.4. The van der Waals surface area contributed by atoms with Crippen LogP contribution in [0.1, 0.15) is 25.7 Å². The van der Waals surface area contributed by atoms with E-state index in [2.05, 4.69) is 43.0 Å². The normalized spacial score (nSPS) is 16.4.